The third-order valence-electron chi connectivity index (χ3n) is 5.30. The average molecular weight is 282 g/mol. The molecule has 0 heterocycles. The molecular formula is C17H28ClN. The number of nitrogens with two attached hydrogens (primary N) is 1. The van der Waals surface area contributed by atoms with E-state index in [9.17, 15) is 0 Å². The SMILES string of the molecule is Cc1c(C)c(C)c([C@@H](N)C2CCCC2)c(C)c1C.Cl. The predicted molar refractivity (Wildman–Crippen MR) is 86.3 cm³/mol. The molecule has 19 heavy (non-hydrogen) atoms. The van der Waals surface area contributed by atoms with Crippen LogP contribution in [0.15, 0.2) is 0 Å². The molecule has 2 rings (SSSR count). The first-order valence-corrected chi connectivity index (χ1v) is 7.27. The summed E-state index contributed by atoms with van der Waals surface area (Å²) in [7, 11) is 0. The Morgan fingerprint density at radius 2 is 1.16 bits per heavy atom. The zero-order valence-corrected chi connectivity index (χ0v) is 13.8. The van der Waals surface area contributed by atoms with Gasteiger partial charge in [-0.15, -0.1) is 12.4 Å². The van der Waals surface area contributed by atoms with Crippen LogP contribution in [0.4, 0.5) is 0 Å². The van der Waals surface area contributed by atoms with Crippen LogP contribution in [0.5, 0.6) is 0 Å². The molecule has 0 aromatic heterocycles. The van der Waals surface area contributed by atoms with Gasteiger partial charge in [-0.05, 0) is 86.8 Å². The molecule has 0 unspecified atom stereocenters. The summed E-state index contributed by atoms with van der Waals surface area (Å²) in [5.74, 6) is 0.698. The van der Waals surface area contributed by atoms with Crippen molar-refractivity contribution < 1.29 is 0 Å². The molecule has 0 saturated heterocycles. The molecule has 1 fully saturated rings. The molecule has 1 aromatic carbocycles. The van der Waals surface area contributed by atoms with Gasteiger partial charge in [0, 0.05) is 6.04 Å². The minimum Gasteiger partial charge on any atom is -0.324 e. The molecule has 1 aliphatic carbocycles. The van der Waals surface area contributed by atoms with Crippen LogP contribution in [0.2, 0.25) is 0 Å². The van der Waals surface area contributed by atoms with Crippen molar-refractivity contribution >= 4 is 12.4 Å². The fraction of sp³-hybridized carbons (Fsp3) is 0.647. The highest BCUT2D eigenvalue weighted by molar-refractivity contribution is 5.85. The van der Waals surface area contributed by atoms with E-state index in [-0.39, 0.29) is 18.4 Å². The number of benzene rings is 1. The van der Waals surface area contributed by atoms with Crippen molar-refractivity contribution in [1.82, 2.24) is 0 Å². The molecule has 1 aromatic rings. The lowest BCUT2D eigenvalue weighted by Gasteiger charge is -2.27. The Morgan fingerprint density at radius 1 is 0.789 bits per heavy atom. The summed E-state index contributed by atoms with van der Waals surface area (Å²) >= 11 is 0. The van der Waals surface area contributed by atoms with Gasteiger partial charge in [0.1, 0.15) is 0 Å². The Labute approximate surface area is 124 Å². The van der Waals surface area contributed by atoms with Crippen molar-refractivity contribution in [3.63, 3.8) is 0 Å². The second-order valence-electron chi connectivity index (χ2n) is 6.11. The molecule has 1 atom stereocenters. The van der Waals surface area contributed by atoms with Crippen molar-refractivity contribution in [1.29, 1.82) is 0 Å². The predicted octanol–water partition coefficient (Wildman–Crippen LogP) is 4.84. The highest BCUT2D eigenvalue weighted by Crippen LogP contribution is 2.38. The first kappa shape index (κ1) is 16.5. The second-order valence-corrected chi connectivity index (χ2v) is 6.11. The Morgan fingerprint density at radius 3 is 1.58 bits per heavy atom. The zero-order chi connectivity index (χ0) is 13.4. The third kappa shape index (κ3) is 2.83. The lowest BCUT2D eigenvalue weighted by Crippen LogP contribution is -2.22. The summed E-state index contributed by atoms with van der Waals surface area (Å²) in [5, 5.41) is 0. The van der Waals surface area contributed by atoms with Gasteiger partial charge in [-0.1, -0.05) is 12.8 Å². The van der Waals surface area contributed by atoms with Crippen LogP contribution in [0.25, 0.3) is 0 Å². The van der Waals surface area contributed by atoms with E-state index in [1.54, 1.807) is 0 Å². The molecule has 1 aliphatic rings. The van der Waals surface area contributed by atoms with E-state index in [0.717, 1.165) is 0 Å². The van der Waals surface area contributed by atoms with Gasteiger partial charge in [0.25, 0.3) is 0 Å². The summed E-state index contributed by atoms with van der Waals surface area (Å²) in [4.78, 5) is 0. The third-order valence-corrected chi connectivity index (χ3v) is 5.30. The van der Waals surface area contributed by atoms with E-state index in [0.29, 0.717) is 5.92 Å². The van der Waals surface area contributed by atoms with Gasteiger partial charge in [-0.25, -0.2) is 0 Å². The molecule has 0 bridgehead atoms. The molecule has 0 amide bonds. The van der Waals surface area contributed by atoms with Crippen molar-refractivity contribution in [3.05, 3.63) is 33.4 Å². The minimum absolute atomic E-state index is 0. The molecule has 0 radical (unpaired) electrons. The Kier molecular flexibility index (Phi) is 5.46. The fourth-order valence-corrected chi connectivity index (χ4v) is 3.58. The molecule has 0 aliphatic heterocycles. The van der Waals surface area contributed by atoms with Gasteiger partial charge in [0.15, 0.2) is 0 Å². The molecule has 2 heteroatoms. The molecule has 2 N–H and O–H groups in total. The van der Waals surface area contributed by atoms with Gasteiger partial charge < -0.3 is 5.73 Å². The molecule has 1 nitrogen and oxygen atoms in total. The van der Waals surface area contributed by atoms with Crippen LogP contribution >= 0.6 is 12.4 Å². The largest absolute Gasteiger partial charge is 0.324 e. The van der Waals surface area contributed by atoms with Crippen LogP contribution in [-0.4, -0.2) is 0 Å². The Balaban J connectivity index is 0.00000180. The maximum absolute atomic E-state index is 6.59. The topological polar surface area (TPSA) is 26.0 Å². The summed E-state index contributed by atoms with van der Waals surface area (Å²) in [6, 6.07) is 0.241. The molecule has 0 spiro atoms. The van der Waals surface area contributed by atoms with Gasteiger partial charge in [-0.2, -0.15) is 0 Å². The standard InChI is InChI=1S/C17H27N.ClH/c1-10-11(2)13(4)16(14(5)12(10)3)17(18)15-8-6-7-9-15;/h15,17H,6-9,18H2,1-5H3;1H/t17-;/m0./s1. The maximum atomic E-state index is 6.59. The summed E-state index contributed by atoms with van der Waals surface area (Å²) < 4.78 is 0. The summed E-state index contributed by atoms with van der Waals surface area (Å²) in [6.45, 7) is 11.2. The van der Waals surface area contributed by atoms with Crippen LogP contribution < -0.4 is 5.73 Å². The quantitative estimate of drug-likeness (QED) is 0.825. The smallest absolute Gasteiger partial charge is 0.0328 e. The lowest BCUT2D eigenvalue weighted by molar-refractivity contribution is 0.441. The van der Waals surface area contributed by atoms with Crippen molar-refractivity contribution in [3.8, 4) is 0 Å². The van der Waals surface area contributed by atoms with E-state index in [2.05, 4.69) is 34.6 Å². The monoisotopic (exact) mass is 281 g/mol. The van der Waals surface area contributed by atoms with Crippen molar-refractivity contribution in [2.75, 3.05) is 0 Å². The number of hydrogen-bond donors (Lipinski definition) is 1. The van der Waals surface area contributed by atoms with Crippen molar-refractivity contribution in [2.24, 2.45) is 11.7 Å². The molecule has 108 valence electrons. The summed E-state index contributed by atoms with van der Waals surface area (Å²) in [6.07, 6.45) is 5.35. The lowest BCUT2D eigenvalue weighted by atomic mass is 9.82. The van der Waals surface area contributed by atoms with Gasteiger partial charge >= 0.3 is 0 Å². The average Bonchev–Trinajstić information content (AvgIpc) is 2.88. The molecular weight excluding hydrogens is 254 g/mol. The normalized spacial score (nSPS) is 17.4. The maximum Gasteiger partial charge on any atom is 0.0328 e. The van der Waals surface area contributed by atoms with Crippen LogP contribution in [0.3, 0.4) is 0 Å². The number of hydrogen-bond acceptors (Lipinski definition) is 1. The van der Waals surface area contributed by atoms with E-state index in [1.807, 2.05) is 0 Å². The molecule has 1 saturated carbocycles. The van der Waals surface area contributed by atoms with Gasteiger partial charge in [0.05, 0.1) is 0 Å². The van der Waals surface area contributed by atoms with Gasteiger partial charge in [0.2, 0.25) is 0 Å². The first-order valence-electron chi connectivity index (χ1n) is 7.27. The number of halogens is 1. The van der Waals surface area contributed by atoms with Gasteiger partial charge in [-0.3, -0.25) is 0 Å². The second kappa shape index (κ2) is 6.28. The Hall–Kier alpha value is -0.530. The Bertz CT molecular complexity index is 430. The first-order chi connectivity index (χ1) is 8.45. The highest BCUT2D eigenvalue weighted by Gasteiger charge is 2.26. The van der Waals surface area contributed by atoms with Crippen LogP contribution in [0.1, 0.15) is 65.1 Å². The van der Waals surface area contributed by atoms with E-state index < -0.39 is 0 Å². The summed E-state index contributed by atoms with van der Waals surface area (Å²) in [5.41, 5.74) is 15.2. The highest BCUT2D eigenvalue weighted by atomic mass is 35.5. The fourth-order valence-electron chi connectivity index (χ4n) is 3.58. The van der Waals surface area contributed by atoms with Crippen LogP contribution in [-0.2, 0) is 0 Å². The van der Waals surface area contributed by atoms with Crippen molar-refractivity contribution in [2.45, 2.75) is 66.3 Å². The number of rotatable bonds is 2. The van der Waals surface area contributed by atoms with E-state index >= 15 is 0 Å². The minimum atomic E-state index is 0. The zero-order valence-electron chi connectivity index (χ0n) is 13.0. The van der Waals surface area contributed by atoms with E-state index in [4.69, 9.17) is 5.73 Å². The van der Waals surface area contributed by atoms with E-state index in [1.165, 1.54) is 59.1 Å². The van der Waals surface area contributed by atoms with Crippen LogP contribution in [0, 0.1) is 40.5 Å².